The van der Waals surface area contributed by atoms with Crippen molar-refractivity contribution in [2.75, 3.05) is 17.6 Å². The molecule has 0 spiro atoms. The van der Waals surface area contributed by atoms with Crippen molar-refractivity contribution in [3.8, 4) is 11.3 Å². The number of aliphatic hydroxyl groups is 2. The summed E-state index contributed by atoms with van der Waals surface area (Å²) < 4.78 is 38.6. The van der Waals surface area contributed by atoms with E-state index in [9.17, 15) is 32.9 Å². The number of benzene rings is 1. The van der Waals surface area contributed by atoms with Crippen LogP contribution in [0.3, 0.4) is 0 Å². The number of aromatic nitrogens is 2. The van der Waals surface area contributed by atoms with Crippen LogP contribution in [0, 0.1) is 5.82 Å². The molecule has 2 aromatic rings. The van der Waals surface area contributed by atoms with Gasteiger partial charge in [0.25, 0.3) is 0 Å². The summed E-state index contributed by atoms with van der Waals surface area (Å²) >= 11 is 0. The molecule has 0 aliphatic heterocycles. The number of carbonyl (C=O) groups is 1. The van der Waals surface area contributed by atoms with E-state index in [1.54, 1.807) is 0 Å². The number of halogens is 1. The molecular formula is C22H27FN3O6S. The molecule has 2 atom stereocenters. The van der Waals surface area contributed by atoms with Gasteiger partial charge in [0.15, 0.2) is 0 Å². The van der Waals surface area contributed by atoms with Crippen molar-refractivity contribution in [1.82, 2.24) is 9.97 Å². The fourth-order valence-electron chi connectivity index (χ4n) is 3.04. The van der Waals surface area contributed by atoms with Crippen molar-refractivity contribution in [3.63, 3.8) is 0 Å². The van der Waals surface area contributed by atoms with E-state index in [1.165, 1.54) is 43.5 Å². The van der Waals surface area contributed by atoms with E-state index in [4.69, 9.17) is 0 Å². The highest BCUT2D eigenvalue weighted by molar-refractivity contribution is 7.92. The minimum Gasteiger partial charge on any atom is -0.392 e. The maximum Gasteiger partial charge on any atom is 0.358 e. The number of anilines is 1. The molecule has 179 valence electrons. The van der Waals surface area contributed by atoms with Crippen molar-refractivity contribution in [3.05, 3.63) is 47.4 Å². The van der Waals surface area contributed by atoms with E-state index in [0.29, 0.717) is 22.5 Å². The Labute approximate surface area is 192 Å². The van der Waals surface area contributed by atoms with Crippen molar-refractivity contribution in [2.45, 2.75) is 44.8 Å². The Balaban J connectivity index is 2.61. The average molecular weight is 481 g/mol. The van der Waals surface area contributed by atoms with E-state index in [1.807, 2.05) is 13.8 Å². The van der Waals surface area contributed by atoms with Gasteiger partial charge in [-0.3, -0.25) is 0 Å². The molecule has 0 aliphatic carbocycles. The Morgan fingerprint density at radius 3 is 2.30 bits per heavy atom. The van der Waals surface area contributed by atoms with E-state index < -0.39 is 40.4 Å². The van der Waals surface area contributed by atoms with Gasteiger partial charge in [-0.25, -0.2) is 37.0 Å². The summed E-state index contributed by atoms with van der Waals surface area (Å²) in [6.45, 7) is 3.69. The molecule has 0 bridgehead atoms. The van der Waals surface area contributed by atoms with Crippen molar-refractivity contribution in [2.24, 2.45) is 0 Å². The molecule has 0 aliphatic rings. The van der Waals surface area contributed by atoms with Gasteiger partial charge in [0.2, 0.25) is 16.0 Å². The Kier molecular flexibility index (Phi) is 8.64. The molecule has 0 saturated carbocycles. The lowest BCUT2D eigenvalue weighted by Crippen LogP contribution is -2.27. The van der Waals surface area contributed by atoms with Gasteiger partial charge in [0.1, 0.15) is 5.82 Å². The van der Waals surface area contributed by atoms with Gasteiger partial charge in [-0.2, -0.15) is 0 Å². The van der Waals surface area contributed by atoms with Crippen molar-refractivity contribution >= 4 is 28.0 Å². The van der Waals surface area contributed by atoms with Crippen LogP contribution in [0.25, 0.3) is 17.3 Å². The Morgan fingerprint density at radius 2 is 1.79 bits per heavy atom. The van der Waals surface area contributed by atoms with E-state index >= 15 is 0 Å². The second-order valence-corrected chi connectivity index (χ2v) is 9.97. The van der Waals surface area contributed by atoms with Crippen LogP contribution < -0.4 is 4.31 Å². The topological polar surface area (TPSA) is 141 Å². The third-order valence-electron chi connectivity index (χ3n) is 4.81. The van der Waals surface area contributed by atoms with Gasteiger partial charge in [0, 0.05) is 24.6 Å². The molecule has 0 fully saturated rings. The van der Waals surface area contributed by atoms with Gasteiger partial charge in [-0.05, 0) is 30.2 Å². The standard InChI is InChI=1S/C22H27FN3O6S/c1-13(2)20-18(10-9-16(27)11-17(28)12-19(29)30)21(14-5-7-15(23)8-6-14)25-22(24-20)26(3)33(4,31)32/h5-10,13,16-17,27-28H,11-12H2,1-4H3/b10-9+/t16-,17-/m1/s1. The summed E-state index contributed by atoms with van der Waals surface area (Å²) in [5.74, 6) is -2.14. The maximum absolute atomic E-state index is 13.5. The number of aliphatic hydroxyl groups excluding tert-OH is 2. The van der Waals surface area contributed by atoms with Crippen LogP contribution in [0.4, 0.5) is 10.3 Å². The molecule has 1 radical (unpaired) electrons. The average Bonchev–Trinajstić information content (AvgIpc) is 2.70. The van der Waals surface area contributed by atoms with Crippen LogP contribution in [0.2, 0.25) is 0 Å². The number of hydrogen-bond acceptors (Lipinski definition) is 7. The summed E-state index contributed by atoms with van der Waals surface area (Å²) in [6.07, 6.45) is 0.578. The maximum atomic E-state index is 13.5. The van der Waals surface area contributed by atoms with Gasteiger partial charge in [-0.15, -0.1) is 0 Å². The van der Waals surface area contributed by atoms with Crippen LogP contribution in [0.1, 0.15) is 43.9 Å². The van der Waals surface area contributed by atoms with Crippen LogP contribution in [-0.4, -0.2) is 60.1 Å². The lowest BCUT2D eigenvalue weighted by Gasteiger charge is -2.20. The highest BCUT2D eigenvalue weighted by atomic mass is 32.2. The van der Waals surface area contributed by atoms with E-state index in [2.05, 4.69) is 9.97 Å². The fourth-order valence-corrected chi connectivity index (χ4v) is 3.41. The summed E-state index contributed by atoms with van der Waals surface area (Å²) in [6, 6.07) is 5.46. The van der Waals surface area contributed by atoms with Gasteiger partial charge < -0.3 is 10.2 Å². The molecule has 1 aromatic heterocycles. The molecule has 2 N–H and O–H groups in total. The molecule has 11 heteroatoms. The molecule has 0 saturated heterocycles. The zero-order chi connectivity index (χ0) is 24.9. The minimum atomic E-state index is -3.66. The molecule has 2 rings (SSSR count). The molecule has 1 aromatic carbocycles. The van der Waals surface area contributed by atoms with Crippen LogP contribution >= 0.6 is 0 Å². The van der Waals surface area contributed by atoms with Crippen LogP contribution in [0.15, 0.2) is 30.3 Å². The lowest BCUT2D eigenvalue weighted by atomic mass is 9.97. The van der Waals surface area contributed by atoms with Crippen LogP contribution in [-0.2, 0) is 19.9 Å². The van der Waals surface area contributed by atoms with E-state index in [-0.39, 0.29) is 18.3 Å². The summed E-state index contributed by atoms with van der Waals surface area (Å²) in [5.41, 5.74) is 1.76. The zero-order valence-corrected chi connectivity index (χ0v) is 19.6. The highest BCUT2D eigenvalue weighted by Crippen LogP contribution is 2.31. The largest absolute Gasteiger partial charge is 0.392 e. The van der Waals surface area contributed by atoms with Crippen molar-refractivity contribution in [1.29, 1.82) is 0 Å². The Hall–Kier alpha value is -2.89. The second-order valence-electron chi connectivity index (χ2n) is 7.96. The van der Waals surface area contributed by atoms with Gasteiger partial charge >= 0.3 is 5.97 Å². The first kappa shape index (κ1) is 26.4. The number of nitrogens with zero attached hydrogens (tertiary/aromatic N) is 3. The lowest BCUT2D eigenvalue weighted by molar-refractivity contribution is -0.145. The van der Waals surface area contributed by atoms with Crippen molar-refractivity contribution < 1.29 is 32.9 Å². The molecule has 0 unspecified atom stereocenters. The predicted molar refractivity (Wildman–Crippen MR) is 121 cm³/mol. The molecule has 33 heavy (non-hydrogen) atoms. The third-order valence-corrected chi connectivity index (χ3v) is 5.97. The predicted octanol–water partition coefficient (Wildman–Crippen LogP) is 2.27. The number of rotatable bonds is 10. The zero-order valence-electron chi connectivity index (χ0n) is 18.8. The smallest absolute Gasteiger partial charge is 0.358 e. The molecule has 1 heterocycles. The second kappa shape index (κ2) is 10.8. The van der Waals surface area contributed by atoms with Gasteiger partial charge in [0.05, 0.1) is 36.3 Å². The quantitative estimate of drug-likeness (QED) is 0.531. The highest BCUT2D eigenvalue weighted by Gasteiger charge is 2.22. The summed E-state index contributed by atoms with van der Waals surface area (Å²) in [4.78, 5) is 19.4. The summed E-state index contributed by atoms with van der Waals surface area (Å²) in [7, 11) is -2.34. The summed E-state index contributed by atoms with van der Waals surface area (Å²) in [5, 5.41) is 30.6. The number of sulfonamides is 1. The molecular weight excluding hydrogens is 453 g/mol. The first-order chi connectivity index (χ1) is 15.3. The van der Waals surface area contributed by atoms with E-state index in [0.717, 1.165) is 10.6 Å². The number of hydrogen-bond donors (Lipinski definition) is 2. The first-order valence-corrected chi connectivity index (χ1v) is 12.0. The Morgan fingerprint density at radius 1 is 1.18 bits per heavy atom. The SMILES string of the molecule is CC(C)c1nc(N(C)S(C)(=O)=O)nc(-c2ccc(F)cc2)c1/C=C/[C@@H](O)C[C@@H](O)CC([O])=O. The first-order valence-electron chi connectivity index (χ1n) is 10.2. The Bertz CT molecular complexity index is 1120. The molecule has 9 nitrogen and oxygen atoms in total. The number of carbonyl (C=O) groups excluding carboxylic acids is 1. The minimum absolute atomic E-state index is 0.0670. The third kappa shape index (κ3) is 7.31. The monoisotopic (exact) mass is 480 g/mol. The fraction of sp³-hybridized carbons (Fsp3) is 0.409. The van der Waals surface area contributed by atoms with Crippen LogP contribution in [0.5, 0.6) is 0 Å². The normalized spacial score (nSPS) is 13.9. The van der Waals surface area contributed by atoms with Gasteiger partial charge in [-0.1, -0.05) is 26.0 Å². The molecule has 0 amide bonds.